The Hall–Kier alpha value is -7.16. The highest BCUT2D eigenvalue weighted by atomic mass is 35.5. The lowest BCUT2D eigenvalue weighted by Crippen LogP contribution is -2.41. The third-order valence-corrected chi connectivity index (χ3v) is 22.1. The number of nitrogens with one attached hydrogen (secondary N) is 4. The summed E-state index contributed by atoms with van der Waals surface area (Å²) in [4.78, 5) is 86.1. The van der Waals surface area contributed by atoms with Gasteiger partial charge < -0.3 is 46.1 Å². The Morgan fingerprint density at radius 3 is 1.45 bits per heavy atom. The molecule has 7 N–H and O–H groups in total. The molecule has 33 heteroatoms. The molecule has 488 valence electrons. The Morgan fingerprint density at radius 1 is 0.596 bits per heavy atom. The first-order chi connectivity index (χ1) is 44.7. The molecule has 0 atom stereocenters. The number of carboxylic acid groups (broad SMARTS) is 1. The third-order valence-electron chi connectivity index (χ3n) is 13.0. The number of ether oxygens (including phenoxy) is 2. The fourth-order valence-electron chi connectivity index (χ4n) is 8.59. The van der Waals surface area contributed by atoms with Gasteiger partial charge in [0.2, 0.25) is 0 Å². The Bertz CT molecular complexity index is 4720. The molecule has 0 saturated carbocycles. The number of amides is 4. The minimum Gasteiger partial charge on any atom is -0.476 e. The quantitative estimate of drug-likeness (QED) is 0.0462. The predicted molar refractivity (Wildman–Crippen MR) is 387 cm³/mol. The molecule has 12 aromatic rings. The number of aryl methyl sites for hydroxylation is 2. The number of carbonyl (C=O) groups is 7. The second kappa shape index (κ2) is 34.0. The monoisotopic (exact) mass is 1520 g/mol. The molecule has 1 saturated heterocycles. The highest BCUT2D eigenvalue weighted by molar-refractivity contribution is 7.23. The number of esters is 1. The topological polar surface area (TPSA) is 279 Å². The van der Waals surface area contributed by atoms with E-state index in [0.717, 1.165) is 107 Å². The molecule has 4 amide bonds. The number of fused-ring (bicyclic) bond motifs is 4. The molecule has 1 fully saturated rings. The number of anilines is 4. The number of halogens is 6. The molecule has 0 aliphatic carbocycles. The molecule has 1 aliphatic rings. The molecule has 8 aromatic heterocycles. The highest BCUT2D eigenvalue weighted by Crippen LogP contribution is 2.39. The number of hydrogen-bond donors (Lipinski definition) is 6. The van der Waals surface area contributed by atoms with Gasteiger partial charge in [0.25, 0.3) is 28.9 Å². The van der Waals surface area contributed by atoms with E-state index < -0.39 is 17.2 Å². The standard InChI is InChI=1S/C21H23ClN4O3S.C13H7ClN2O3S2.C13H9ClN2OS2.C9H4Cl2OS.C5H6N2O2S.ClH/c1-25-13-14(12-16(25)20(27)23-6-7-26-8-10-29-11-9-26)24-21(28)19-18(22)15-4-2-3-5-17(15)30-19;14-10-6-3-1-2-4-8(6)20-11(10)12(17)15-9-5-7(13(18)19)16-21-9;1-7-6-10(19-16-7)15-13(17)12-11(14)8-4-2-3-5-9(8)18-12;10-7-5-3-1-2-4-6(5)13-8(7)9(11)12;1-9-5(8)3-2-4(6)10-7-3;/h2-5,12-13H,6-11H2,1H3,(H,23,27)(H,24,28);1-5H,(H,15,17)(H,18,19);2-6H,1H3,(H,15,17);1-4H;2H,6H2,1H3;1H. The van der Waals surface area contributed by atoms with Gasteiger partial charge in [-0.05, 0) is 89.5 Å². The van der Waals surface area contributed by atoms with Gasteiger partial charge in [0, 0.05) is 91.9 Å². The van der Waals surface area contributed by atoms with Gasteiger partial charge in [-0.3, -0.25) is 28.9 Å². The summed E-state index contributed by atoms with van der Waals surface area (Å²) >= 11 is 38.8. The minimum absolute atomic E-state index is 0. The molecular formula is C61H50Cl6N10O10S7. The zero-order chi connectivity index (χ0) is 66.5. The molecule has 4 aromatic carbocycles. The number of nitrogen functional groups attached to an aromatic ring is 1. The number of aromatic nitrogens is 4. The van der Waals surface area contributed by atoms with Crippen LogP contribution in [0.2, 0.25) is 20.1 Å². The average molecular weight is 1520 g/mol. The number of nitrogens with two attached hydrogens (primary N) is 1. The third kappa shape index (κ3) is 18.4. The first kappa shape index (κ1) is 72.7. The summed E-state index contributed by atoms with van der Waals surface area (Å²) in [6.45, 7) is 6.47. The predicted octanol–water partition coefficient (Wildman–Crippen LogP) is 16.6. The van der Waals surface area contributed by atoms with E-state index in [1.54, 1.807) is 23.9 Å². The molecule has 1 aliphatic heterocycles. The van der Waals surface area contributed by atoms with Crippen LogP contribution in [0.5, 0.6) is 0 Å². The van der Waals surface area contributed by atoms with Gasteiger partial charge in [0.15, 0.2) is 11.4 Å². The number of hydrogen-bond acceptors (Lipinski definition) is 21. The van der Waals surface area contributed by atoms with Crippen molar-refractivity contribution in [3.05, 3.63) is 190 Å². The van der Waals surface area contributed by atoms with E-state index in [0.29, 0.717) is 67.5 Å². The maximum atomic E-state index is 12.7. The van der Waals surface area contributed by atoms with Crippen LogP contribution in [0.3, 0.4) is 0 Å². The summed E-state index contributed by atoms with van der Waals surface area (Å²) < 4.78 is 26.9. The van der Waals surface area contributed by atoms with Crippen LogP contribution in [0.1, 0.15) is 75.8 Å². The van der Waals surface area contributed by atoms with Crippen molar-refractivity contribution in [2.24, 2.45) is 7.05 Å². The van der Waals surface area contributed by atoms with Crippen LogP contribution < -0.4 is 27.0 Å². The second-order valence-electron chi connectivity index (χ2n) is 19.4. The van der Waals surface area contributed by atoms with E-state index in [-0.39, 0.29) is 47.4 Å². The number of morpholine rings is 1. The Kier molecular flexibility index (Phi) is 26.3. The van der Waals surface area contributed by atoms with Gasteiger partial charge in [-0.1, -0.05) is 119 Å². The average Bonchev–Trinajstić information content (AvgIpc) is 1.72. The molecule has 0 spiro atoms. The van der Waals surface area contributed by atoms with Crippen molar-refractivity contribution in [3.8, 4) is 0 Å². The molecule has 9 heterocycles. The van der Waals surface area contributed by atoms with Crippen LogP contribution in [0, 0.1) is 6.92 Å². The van der Waals surface area contributed by atoms with Crippen LogP contribution in [0.25, 0.3) is 40.3 Å². The Morgan fingerprint density at radius 2 is 1.03 bits per heavy atom. The van der Waals surface area contributed by atoms with Gasteiger partial charge in [0.05, 0.1) is 51.8 Å². The first-order valence-electron chi connectivity index (χ1n) is 27.2. The van der Waals surface area contributed by atoms with E-state index in [4.69, 9.17) is 73.6 Å². The zero-order valence-electron chi connectivity index (χ0n) is 49.0. The summed E-state index contributed by atoms with van der Waals surface area (Å²) in [5.41, 5.74) is 7.41. The largest absolute Gasteiger partial charge is 0.476 e. The van der Waals surface area contributed by atoms with Crippen LogP contribution in [0.15, 0.2) is 128 Å². The molecule has 0 radical (unpaired) electrons. The summed E-state index contributed by atoms with van der Waals surface area (Å²) in [6.07, 6.45) is 1.72. The van der Waals surface area contributed by atoms with Gasteiger partial charge in [-0.15, -0.1) is 57.8 Å². The maximum Gasteiger partial charge on any atom is 0.357 e. The summed E-state index contributed by atoms with van der Waals surface area (Å²) in [5.74, 6) is -2.60. The van der Waals surface area contributed by atoms with Gasteiger partial charge in [0.1, 0.15) is 40.2 Å². The van der Waals surface area contributed by atoms with Crippen LogP contribution >= 0.6 is 150 Å². The fourth-order valence-corrected chi connectivity index (χ4v) is 16.2. The smallest absolute Gasteiger partial charge is 0.357 e. The zero-order valence-corrected chi connectivity index (χ0v) is 59.3. The van der Waals surface area contributed by atoms with E-state index in [1.165, 1.54) is 76.1 Å². The molecule has 0 unspecified atom stereocenters. The van der Waals surface area contributed by atoms with E-state index in [1.807, 2.05) is 110 Å². The normalized spacial score (nSPS) is 11.7. The maximum absolute atomic E-state index is 12.7. The second-order valence-corrected chi connectivity index (χ2v) is 27.9. The van der Waals surface area contributed by atoms with Crippen molar-refractivity contribution in [3.63, 3.8) is 0 Å². The minimum atomic E-state index is -1.13. The van der Waals surface area contributed by atoms with Gasteiger partial charge in [-0.2, -0.15) is 13.1 Å². The van der Waals surface area contributed by atoms with Gasteiger partial charge in [-0.25, -0.2) is 9.59 Å². The lowest BCUT2D eigenvalue weighted by atomic mass is 10.2. The van der Waals surface area contributed by atoms with Crippen LogP contribution in [0.4, 0.5) is 20.7 Å². The number of benzene rings is 4. The number of aromatic carboxylic acids is 1. The molecule has 20 nitrogen and oxygen atoms in total. The Balaban J connectivity index is 0.000000157. The number of carbonyl (C=O) groups excluding carboxylic acids is 6. The first-order valence-corrected chi connectivity index (χ1v) is 34.7. The molecular weight excluding hydrogens is 1470 g/mol. The fraction of sp³-hybridized carbons (Fsp3) is 0.148. The van der Waals surface area contributed by atoms with Crippen molar-refractivity contribution in [2.75, 3.05) is 68.2 Å². The number of methoxy groups -OCH3 is 1. The van der Waals surface area contributed by atoms with Crippen molar-refractivity contribution >= 4 is 252 Å². The van der Waals surface area contributed by atoms with Crippen molar-refractivity contribution in [1.29, 1.82) is 0 Å². The summed E-state index contributed by atoms with van der Waals surface area (Å²) in [5, 5.41) is 26.5. The molecule has 13 rings (SSSR count). The van der Waals surface area contributed by atoms with E-state index in [2.05, 4.69) is 44.0 Å². The van der Waals surface area contributed by atoms with E-state index >= 15 is 0 Å². The van der Waals surface area contributed by atoms with E-state index in [9.17, 15) is 33.6 Å². The van der Waals surface area contributed by atoms with Crippen molar-refractivity contribution < 1.29 is 48.1 Å². The number of rotatable bonds is 13. The SMILES string of the molecule is COC(=O)c1cc(N)sn1.Cc1cc(NC(=O)c2sc3ccccc3c2Cl)sn1.Cl.Cn1cc(NC(=O)c2sc3ccccc3c2Cl)cc1C(=O)NCCN1CCOCC1.O=C(Cl)c1sc2ccccc2c1Cl.O=C(O)c1cc(NC(=O)c2sc3ccccc3c2Cl)sn1. The summed E-state index contributed by atoms with van der Waals surface area (Å²) in [7, 11) is 3.08. The van der Waals surface area contributed by atoms with Crippen molar-refractivity contribution in [2.45, 2.75) is 6.92 Å². The Labute approximate surface area is 595 Å². The summed E-state index contributed by atoms with van der Waals surface area (Å²) in [6, 6.07) is 36.7. The highest BCUT2D eigenvalue weighted by Gasteiger charge is 2.23. The lowest BCUT2D eigenvalue weighted by Gasteiger charge is -2.26. The number of nitrogens with zero attached hydrogens (tertiary/aromatic N) is 5. The number of thiophene rings is 4. The van der Waals surface area contributed by atoms with Gasteiger partial charge >= 0.3 is 11.9 Å². The molecule has 0 bridgehead atoms. The van der Waals surface area contributed by atoms with Crippen LogP contribution in [-0.2, 0) is 16.5 Å². The molecule has 94 heavy (non-hydrogen) atoms. The van der Waals surface area contributed by atoms with Crippen molar-refractivity contribution in [1.82, 2.24) is 27.9 Å². The van der Waals surface area contributed by atoms with Crippen LogP contribution in [-0.4, -0.2) is 115 Å². The number of carboxylic acids is 1. The lowest BCUT2D eigenvalue weighted by molar-refractivity contribution is 0.0383.